The lowest BCUT2D eigenvalue weighted by molar-refractivity contribution is 0.0903. The summed E-state index contributed by atoms with van der Waals surface area (Å²) >= 11 is 1.44. The van der Waals surface area contributed by atoms with Crippen LogP contribution in [0.4, 0.5) is 0 Å². The van der Waals surface area contributed by atoms with Gasteiger partial charge in [-0.3, -0.25) is 0 Å². The molecule has 0 N–H and O–H groups in total. The molecule has 1 atom stereocenters. The van der Waals surface area contributed by atoms with E-state index in [1.54, 1.807) is 4.52 Å². The maximum absolute atomic E-state index is 6.03. The summed E-state index contributed by atoms with van der Waals surface area (Å²) in [6.07, 6.45) is -0.266. The van der Waals surface area contributed by atoms with Gasteiger partial charge in [0.1, 0.15) is 19.0 Å². The van der Waals surface area contributed by atoms with E-state index < -0.39 is 0 Å². The zero-order valence-electron chi connectivity index (χ0n) is 14.5. The number of hydrogen-bond acceptors (Lipinski definition) is 7. The van der Waals surface area contributed by atoms with Gasteiger partial charge in [0.2, 0.25) is 4.96 Å². The van der Waals surface area contributed by atoms with E-state index in [9.17, 15) is 0 Å². The van der Waals surface area contributed by atoms with Crippen LogP contribution >= 0.6 is 11.3 Å². The molecule has 0 amide bonds. The Morgan fingerprint density at radius 3 is 2.78 bits per heavy atom. The monoisotopic (exact) mass is 380 g/mol. The second kappa shape index (κ2) is 6.55. The topological polar surface area (TPSA) is 70.8 Å². The van der Waals surface area contributed by atoms with Crippen molar-refractivity contribution >= 4 is 16.3 Å². The van der Waals surface area contributed by atoms with Crippen molar-refractivity contribution in [3.63, 3.8) is 0 Å². The van der Waals surface area contributed by atoms with E-state index in [-0.39, 0.29) is 12.7 Å². The number of hydrogen-bond donors (Lipinski definition) is 0. The van der Waals surface area contributed by atoms with Gasteiger partial charge in [-0.1, -0.05) is 41.2 Å². The fraction of sp³-hybridized carbons (Fsp3) is 0.211. The molecule has 5 rings (SSSR count). The van der Waals surface area contributed by atoms with Gasteiger partial charge in [0.05, 0.1) is 0 Å². The van der Waals surface area contributed by atoms with Crippen LogP contribution in [0.5, 0.6) is 17.2 Å². The van der Waals surface area contributed by atoms with Crippen molar-refractivity contribution in [2.45, 2.75) is 19.6 Å². The first kappa shape index (κ1) is 16.1. The van der Waals surface area contributed by atoms with Crippen LogP contribution in [0, 0.1) is 6.92 Å². The zero-order chi connectivity index (χ0) is 18.2. The molecule has 1 aliphatic heterocycles. The highest BCUT2D eigenvalue weighted by atomic mass is 32.1. The number of aromatic nitrogens is 4. The van der Waals surface area contributed by atoms with Gasteiger partial charge in [-0.25, -0.2) is 0 Å². The molecular formula is C19H16N4O3S. The Labute approximate surface area is 159 Å². The van der Waals surface area contributed by atoms with E-state index in [0.29, 0.717) is 17.4 Å². The zero-order valence-corrected chi connectivity index (χ0v) is 15.3. The molecule has 0 radical (unpaired) electrons. The molecule has 1 aliphatic rings. The minimum absolute atomic E-state index is 0.266. The van der Waals surface area contributed by atoms with E-state index in [4.69, 9.17) is 14.2 Å². The van der Waals surface area contributed by atoms with Crippen LogP contribution in [0.25, 0.3) is 4.96 Å². The number of benzene rings is 2. The first-order valence-electron chi connectivity index (χ1n) is 8.55. The van der Waals surface area contributed by atoms with E-state index in [2.05, 4.69) is 15.3 Å². The molecule has 7 nitrogen and oxygen atoms in total. The smallest absolute Gasteiger partial charge is 0.234 e. The molecule has 4 aromatic rings. The molecule has 3 heterocycles. The lowest BCUT2D eigenvalue weighted by Crippen LogP contribution is -2.21. The minimum atomic E-state index is -0.266. The summed E-state index contributed by atoms with van der Waals surface area (Å²) in [7, 11) is 0. The summed E-state index contributed by atoms with van der Waals surface area (Å²) in [5.74, 6) is 2.91. The highest BCUT2D eigenvalue weighted by Gasteiger charge is 2.26. The summed E-state index contributed by atoms with van der Waals surface area (Å²) < 4.78 is 19.3. The third-order valence-electron chi connectivity index (χ3n) is 4.24. The summed E-state index contributed by atoms with van der Waals surface area (Å²) in [6.45, 7) is 2.74. The van der Waals surface area contributed by atoms with Crippen molar-refractivity contribution in [3.05, 3.63) is 64.9 Å². The fourth-order valence-electron chi connectivity index (χ4n) is 2.82. The van der Waals surface area contributed by atoms with E-state index in [1.165, 1.54) is 16.9 Å². The Kier molecular flexibility index (Phi) is 3.90. The summed E-state index contributed by atoms with van der Waals surface area (Å²) in [5.41, 5.74) is 1.19. The van der Waals surface area contributed by atoms with E-state index in [1.807, 2.05) is 55.5 Å². The first-order valence-corrected chi connectivity index (χ1v) is 9.37. The predicted octanol–water partition coefficient (Wildman–Crippen LogP) is 3.59. The van der Waals surface area contributed by atoms with Gasteiger partial charge in [0.15, 0.2) is 28.4 Å². The van der Waals surface area contributed by atoms with Crippen LogP contribution < -0.4 is 14.2 Å². The maximum Gasteiger partial charge on any atom is 0.234 e. The molecule has 0 fully saturated rings. The Balaban J connectivity index is 1.35. The Hall–Kier alpha value is -3.13. The van der Waals surface area contributed by atoms with Gasteiger partial charge in [-0.2, -0.15) is 9.61 Å². The SMILES string of the molecule is Cc1ccc(OCc2nnc3sc([C@H]4COc5ccccc5O4)nn23)cc1. The molecule has 0 spiro atoms. The second-order valence-corrected chi connectivity index (χ2v) is 7.20. The standard InChI is InChI=1S/C19H16N4O3S/c1-12-6-8-13(9-7-12)24-11-17-20-21-19-23(17)22-18(27-19)16-10-25-14-4-2-3-5-15(14)26-16/h2-9,16H,10-11H2,1H3/t16-/m1/s1. The third-order valence-corrected chi connectivity index (χ3v) is 5.23. The quantitative estimate of drug-likeness (QED) is 0.539. The number of nitrogens with zero attached hydrogens (tertiary/aromatic N) is 4. The molecule has 0 aliphatic carbocycles. The Morgan fingerprint density at radius 1 is 1.11 bits per heavy atom. The highest BCUT2D eigenvalue weighted by molar-refractivity contribution is 7.16. The van der Waals surface area contributed by atoms with Crippen molar-refractivity contribution in [2.24, 2.45) is 0 Å². The number of para-hydroxylation sites is 2. The van der Waals surface area contributed by atoms with Crippen LogP contribution in [0.2, 0.25) is 0 Å². The van der Waals surface area contributed by atoms with Crippen molar-refractivity contribution in [3.8, 4) is 17.2 Å². The Bertz CT molecular complexity index is 1090. The molecule has 0 unspecified atom stereocenters. The number of rotatable bonds is 4. The number of ether oxygens (including phenoxy) is 3. The van der Waals surface area contributed by atoms with Crippen LogP contribution in [0.1, 0.15) is 22.5 Å². The lowest BCUT2D eigenvalue weighted by Gasteiger charge is -2.24. The van der Waals surface area contributed by atoms with Gasteiger partial charge in [-0.15, -0.1) is 10.2 Å². The molecule has 0 saturated carbocycles. The highest BCUT2D eigenvalue weighted by Crippen LogP contribution is 2.36. The van der Waals surface area contributed by atoms with Crippen LogP contribution in [-0.4, -0.2) is 26.4 Å². The van der Waals surface area contributed by atoms with Gasteiger partial charge >= 0.3 is 0 Å². The van der Waals surface area contributed by atoms with Crippen LogP contribution in [0.15, 0.2) is 48.5 Å². The van der Waals surface area contributed by atoms with Crippen molar-refractivity contribution in [1.29, 1.82) is 0 Å². The lowest BCUT2D eigenvalue weighted by atomic mass is 10.2. The summed E-state index contributed by atoms with van der Waals surface area (Å²) in [5, 5.41) is 13.8. The maximum atomic E-state index is 6.03. The first-order chi connectivity index (χ1) is 13.3. The largest absolute Gasteiger partial charge is 0.486 e. The number of aryl methyl sites for hydroxylation is 1. The van der Waals surface area contributed by atoms with Gasteiger partial charge in [0.25, 0.3) is 0 Å². The predicted molar refractivity (Wildman–Crippen MR) is 99.5 cm³/mol. The molecule has 0 bridgehead atoms. The van der Waals surface area contributed by atoms with Gasteiger partial charge in [-0.05, 0) is 31.2 Å². The summed E-state index contributed by atoms with van der Waals surface area (Å²) in [6, 6.07) is 15.5. The van der Waals surface area contributed by atoms with Crippen molar-refractivity contribution in [1.82, 2.24) is 19.8 Å². The average molecular weight is 380 g/mol. The number of fused-ring (bicyclic) bond motifs is 2. The molecule has 27 heavy (non-hydrogen) atoms. The van der Waals surface area contributed by atoms with Gasteiger partial charge in [0, 0.05) is 0 Å². The molecule has 0 saturated heterocycles. The van der Waals surface area contributed by atoms with Crippen LogP contribution in [-0.2, 0) is 6.61 Å². The van der Waals surface area contributed by atoms with Gasteiger partial charge < -0.3 is 14.2 Å². The normalized spacial score (nSPS) is 15.8. The molecule has 8 heteroatoms. The fourth-order valence-corrected chi connectivity index (χ4v) is 3.69. The average Bonchev–Trinajstić information content (AvgIpc) is 3.28. The second-order valence-electron chi connectivity index (χ2n) is 6.22. The van der Waals surface area contributed by atoms with E-state index >= 15 is 0 Å². The van der Waals surface area contributed by atoms with Crippen molar-refractivity contribution < 1.29 is 14.2 Å². The molecule has 136 valence electrons. The van der Waals surface area contributed by atoms with Crippen LogP contribution in [0.3, 0.4) is 0 Å². The minimum Gasteiger partial charge on any atom is -0.486 e. The summed E-state index contributed by atoms with van der Waals surface area (Å²) in [4.78, 5) is 0.704. The van der Waals surface area contributed by atoms with E-state index in [0.717, 1.165) is 22.3 Å². The molecule has 2 aromatic heterocycles. The molecular weight excluding hydrogens is 364 g/mol. The van der Waals surface area contributed by atoms with Crippen molar-refractivity contribution in [2.75, 3.05) is 6.61 Å². The molecule has 2 aromatic carbocycles. The third kappa shape index (κ3) is 3.08. The Morgan fingerprint density at radius 2 is 1.93 bits per heavy atom.